The molecular weight excluding hydrogens is 326 g/mol. The van der Waals surface area contributed by atoms with Crippen molar-refractivity contribution < 1.29 is 19.8 Å². The minimum Gasteiger partial charge on any atom is -0.481 e. The SMILES string of the molecule is Nc1c(N2CCC(C(=O)O)CC2)ncnc1N1CCC(C(=O)O)CC1. The number of carboxylic acid groups (broad SMARTS) is 2. The summed E-state index contributed by atoms with van der Waals surface area (Å²) in [5.41, 5.74) is 6.77. The topological polar surface area (TPSA) is 133 Å². The van der Waals surface area contributed by atoms with E-state index in [9.17, 15) is 9.59 Å². The molecule has 0 unspecified atom stereocenters. The van der Waals surface area contributed by atoms with Gasteiger partial charge in [0.1, 0.15) is 12.0 Å². The standard InChI is InChI=1S/C16H23N5O4/c17-12-13(20-5-1-10(2-6-20)15(22)23)18-9-19-14(12)21-7-3-11(4-8-21)16(24)25/h9-11H,1-8,17H2,(H,22,23)(H,24,25). The Morgan fingerprint density at radius 2 is 1.24 bits per heavy atom. The van der Waals surface area contributed by atoms with Crippen LogP contribution in [0.5, 0.6) is 0 Å². The van der Waals surface area contributed by atoms with Gasteiger partial charge in [0.25, 0.3) is 0 Å². The van der Waals surface area contributed by atoms with E-state index in [1.54, 1.807) is 0 Å². The summed E-state index contributed by atoms with van der Waals surface area (Å²) in [7, 11) is 0. The number of piperidine rings is 2. The number of hydrogen-bond acceptors (Lipinski definition) is 7. The predicted molar refractivity (Wildman–Crippen MR) is 91.6 cm³/mol. The highest BCUT2D eigenvalue weighted by Gasteiger charge is 2.29. The van der Waals surface area contributed by atoms with Gasteiger partial charge in [0, 0.05) is 26.2 Å². The van der Waals surface area contributed by atoms with E-state index < -0.39 is 11.9 Å². The molecule has 25 heavy (non-hydrogen) atoms. The van der Waals surface area contributed by atoms with E-state index in [0.29, 0.717) is 69.2 Å². The van der Waals surface area contributed by atoms with Crippen molar-refractivity contribution in [3.63, 3.8) is 0 Å². The van der Waals surface area contributed by atoms with Crippen molar-refractivity contribution in [2.75, 3.05) is 41.7 Å². The van der Waals surface area contributed by atoms with Crippen LogP contribution in [0, 0.1) is 11.8 Å². The normalized spacial score (nSPS) is 19.8. The maximum Gasteiger partial charge on any atom is 0.306 e. The van der Waals surface area contributed by atoms with E-state index in [1.165, 1.54) is 6.33 Å². The van der Waals surface area contributed by atoms with Gasteiger partial charge in [-0.05, 0) is 25.7 Å². The van der Waals surface area contributed by atoms with Gasteiger partial charge >= 0.3 is 11.9 Å². The Morgan fingerprint density at radius 3 is 1.56 bits per heavy atom. The molecule has 2 saturated heterocycles. The number of anilines is 3. The fraction of sp³-hybridized carbons (Fsp3) is 0.625. The minimum absolute atomic E-state index is 0.311. The Morgan fingerprint density at radius 1 is 0.880 bits per heavy atom. The molecule has 0 aromatic carbocycles. The molecule has 9 nitrogen and oxygen atoms in total. The first-order valence-electron chi connectivity index (χ1n) is 8.53. The lowest BCUT2D eigenvalue weighted by Gasteiger charge is -2.34. The summed E-state index contributed by atoms with van der Waals surface area (Å²) in [4.78, 5) is 34.8. The van der Waals surface area contributed by atoms with Crippen molar-refractivity contribution in [2.24, 2.45) is 11.8 Å². The average Bonchev–Trinajstić information content (AvgIpc) is 2.62. The molecule has 2 aliphatic rings. The van der Waals surface area contributed by atoms with Crippen LogP contribution in [0.3, 0.4) is 0 Å². The molecule has 3 rings (SSSR count). The highest BCUT2D eigenvalue weighted by atomic mass is 16.4. The molecule has 0 amide bonds. The highest BCUT2D eigenvalue weighted by molar-refractivity contribution is 5.77. The van der Waals surface area contributed by atoms with E-state index in [0.717, 1.165) is 0 Å². The number of nitrogens with zero attached hydrogens (tertiary/aromatic N) is 4. The van der Waals surface area contributed by atoms with Crippen LogP contribution >= 0.6 is 0 Å². The Hall–Kier alpha value is -2.58. The Balaban J connectivity index is 1.71. The van der Waals surface area contributed by atoms with Crippen LogP contribution in [0.2, 0.25) is 0 Å². The van der Waals surface area contributed by atoms with Gasteiger partial charge in [0.15, 0.2) is 11.6 Å². The van der Waals surface area contributed by atoms with Crippen LogP contribution in [0.25, 0.3) is 0 Å². The van der Waals surface area contributed by atoms with Crippen molar-refractivity contribution in [1.29, 1.82) is 0 Å². The zero-order valence-corrected chi connectivity index (χ0v) is 14.0. The van der Waals surface area contributed by atoms with Crippen LogP contribution in [-0.2, 0) is 9.59 Å². The number of nitrogen functional groups attached to an aromatic ring is 1. The van der Waals surface area contributed by atoms with Gasteiger partial charge in [0.05, 0.1) is 11.8 Å². The number of carbonyl (C=O) groups is 2. The lowest BCUT2D eigenvalue weighted by Crippen LogP contribution is -2.39. The Bertz CT molecular complexity index is 600. The van der Waals surface area contributed by atoms with Gasteiger partial charge in [-0.1, -0.05) is 0 Å². The molecule has 2 aliphatic heterocycles. The van der Waals surface area contributed by atoms with Crippen LogP contribution in [0.1, 0.15) is 25.7 Å². The van der Waals surface area contributed by atoms with Crippen LogP contribution < -0.4 is 15.5 Å². The molecule has 0 spiro atoms. The lowest BCUT2D eigenvalue weighted by molar-refractivity contribution is -0.143. The number of aromatic nitrogens is 2. The van der Waals surface area contributed by atoms with E-state index in [2.05, 4.69) is 9.97 Å². The maximum absolute atomic E-state index is 11.1. The summed E-state index contributed by atoms with van der Waals surface area (Å²) in [5.74, 6) is -0.861. The van der Waals surface area contributed by atoms with E-state index in [1.807, 2.05) is 9.80 Å². The van der Waals surface area contributed by atoms with Crippen molar-refractivity contribution >= 4 is 29.3 Å². The third-order valence-corrected chi connectivity index (χ3v) is 5.13. The summed E-state index contributed by atoms with van der Waals surface area (Å²) >= 11 is 0. The predicted octanol–water partition coefficient (Wildman–Crippen LogP) is 0.661. The first kappa shape index (κ1) is 17.2. The molecule has 0 atom stereocenters. The zero-order chi connectivity index (χ0) is 18.0. The largest absolute Gasteiger partial charge is 0.481 e. The first-order chi connectivity index (χ1) is 12.0. The maximum atomic E-state index is 11.1. The molecule has 136 valence electrons. The number of aliphatic carboxylic acids is 2. The van der Waals surface area contributed by atoms with Crippen molar-refractivity contribution in [3.8, 4) is 0 Å². The minimum atomic E-state index is -0.753. The molecule has 0 bridgehead atoms. The van der Waals surface area contributed by atoms with Crippen molar-refractivity contribution in [1.82, 2.24) is 9.97 Å². The highest BCUT2D eigenvalue weighted by Crippen LogP contribution is 2.33. The second-order valence-electron chi connectivity index (χ2n) is 6.63. The number of carboxylic acids is 2. The number of nitrogens with two attached hydrogens (primary N) is 1. The third-order valence-electron chi connectivity index (χ3n) is 5.13. The average molecular weight is 349 g/mol. The van der Waals surface area contributed by atoms with Crippen LogP contribution in [0.15, 0.2) is 6.33 Å². The second-order valence-corrected chi connectivity index (χ2v) is 6.63. The number of hydrogen-bond donors (Lipinski definition) is 3. The summed E-state index contributed by atoms with van der Waals surface area (Å²) in [6, 6.07) is 0. The smallest absolute Gasteiger partial charge is 0.306 e. The molecule has 4 N–H and O–H groups in total. The first-order valence-corrected chi connectivity index (χ1v) is 8.53. The summed E-state index contributed by atoms with van der Waals surface area (Å²) in [6.45, 7) is 2.38. The fourth-order valence-corrected chi connectivity index (χ4v) is 3.56. The van der Waals surface area contributed by atoms with E-state index in [4.69, 9.17) is 15.9 Å². The van der Waals surface area contributed by atoms with Gasteiger partial charge in [-0.15, -0.1) is 0 Å². The molecule has 3 heterocycles. The molecule has 1 aromatic heterocycles. The summed E-state index contributed by atoms with van der Waals surface area (Å²) < 4.78 is 0. The molecular formula is C16H23N5O4. The van der Waals surface area contributed by atoms with E-state index in [-0.39, 0.29) is 11.8 Å². The number of rotatable bonds is 4. The molecule has 0 saturated carbocycles. The molecule has 2 fully saturated rings. The quantitative estimate of drug-likeness (QED) is 0.716. The summed E-state index contributed by atoms with van der Waals surface area (Å²) in [6.07, 6.45) is 3.74. The van der Waals surface area contributed by atoms with E-state index >= 15 is 0 Å². The second kappa shape index (κ2) is 7.12. The van der Waals surface area contributed by atoms with Crippen molar-refractivity contribution in [3.05, 3.63) is 6.33 Å². The molecule has 0 radical (unpaired) electrons. The monoisotopic (exact) mass is 349 g/mol. The summed E-state index contributed by atoms with van der Waals surface area (Å²) in [5, 5.41) is 18.2. The Labute approximate surface area is 145 Å². The van der Waals surface area contributed by atoms with Gasteiger partial charge in [-0.25, -0.2) is 9.97 Å². The van der Waals surface area contributed by atoms with Gasteiger partial charge in [-0.2, -0.15) is 0 Å². The molecule has 9 heteroatoms. The van der Waals surface area contributed by atoms with Gasteiger partial charge in [-0.3, -0.25) is 9.59 Å². The Kier molecular flexibility index (Phi) is 4.91. The van der Waals surface area contributed by atoms with Gasteiger partial charge in [0.2, 0.25) is 0 Å². The van der Waals surface area contributed by atoms with Crippen LogP contribution in [0.4, 0.5) is 17.3 Å². The fourth-order valence-electron chi connectivity index (χ4n) is 3.56. The van der Waals surface area contributed by atoms with Gasteiger partial charge < -0.3 is 25.7 Å². The molecule has 1 aromatic rings. The van der Waals surface area contributed by atoms with Crippen molar-refractivity contribution in [2.45, 2.75) is 25.7 Å². The molecule has 0 aliphatic carbocycles. The third kappa shape index (κ3) is 3.59. The van der Waals surface area contributed by atoms with Crippen LogP contribution in [-0.4, -0.2) is 58.3 Å². The zero-order valence-electron chi connectivity index (χ0n) is 14.0. The lowest BCUT2D eigenvalue weighted by atomic mass is 9.96.